The van der Waals surface area contributed by atoms with Gasteiger partial charge in [-0.1, -0.05) is 60.7 Å². The maximum Gasteiger partial charge on any atom is 0.0815 e. The van der Waals surface area contributed by atoms with Crippen molar-refractivity contribution in [2.75, 3.05) is 4.90 Å². The second kappa shape index (κ2) is 9.71. The van der Waals surface area contributed by atoms with Crippen LogP contribution >= 0.6 is 22.7 Å². The molecule has 6 rings (SSSR count). The topological polar surface area (TPSA) is 16.1 Å². The van der Waals surface area contributed by atoms with Gasteiger partial charge in [-0.25, -0.2) is 4.98 Å². The van der Waals surface area contributed by atoms with E-state index in [4.69, 9.17) is 4.98 Å². The SMILES string of the molecule is c1ccc(N(c2ccccc2)c2ccc(-c3cc(-c4cccs4)nc(-c4cccs4)c3)cc2)cc1. The van der Waals surface area contributed by atoms with Gasteiger partial charge in [-0.3, -0.25) is 0 Å². The number of hydrogen-bond donors (Lipinski definition) is 0. The normalized spacial score (nSPS) is 10.9. The zero-order chi connectivity index (χ0) is 23.5. The van der Waals surface area contributed by atoms with Gasteiger partial charge in [-0.15, -0.1) is 22.7 Å². The minimum atomic E-state index is 1.01. The number of thiophene rings is 2. The predicted octanol–water partition coefficient (Wildman–Crippen LogP) is 9.68. The highest BCUT2D eigenvalue weighted by Gasteiger charge is 2.13. The summed E-state index contributed by atoms with van der Waals surface area (Å²) < 4.78 is 0. The fourth-order valence-electron chi connectivity index (χ4n) is 4.20. The molecule has 0 radical (unpaired) electrons. The molecule has 6 aromatic rings. The van der Waals surface area contributed by atoms with Crippen LogP contribution in [0.4, 0.5) is 17.1 Å². The molecule has 0 aliphatic rings. The standard InChI is InChI=1S/C31H22N2S2/c1-3-9-25(10-4-1)33(26-11-5-2-6-12-26)27-17-15-23(16-18-27)24-21-28(30-13-7-19-34-30)32-29(22-24)31-14-8-20-35-31/h1-22H. The summed E-state index contributed by atoms with van der Waals surface area (Å²) in [4.78, 5) is 9.63. The lowest BCUT2D eigenvalue weighted by Crippen LogP contribution is -2.09. The molecule has 3 aromatic heterocycles. The molecule has 4 heteroatoms. The summed E-state index contributed by atoms with van der Waals surface area (Å²) in [6, 6.07) is 42.6. The summed E-state index contributed by atoms with van der Waals surface area (Å²) in [6.07, 6.45) is 0. The van der Waals surface area contributed by atoms with Crippen molar-refractivity contribution in [3.8, 4) is 32.3 Å². The molecular weight excluding hydrogens is 464 g/mol. The molecule has 35 heavy (non-hydrogen) atoms. The van der Waals surface area contributed by atoms with Crippen LogP contribution in [0.2, 0.25) is 0 Å². The fraction of sp³-hybridized carbons (Fsp3) is 0. The third-order valence-electron chi connectivity index (χ3n) is 5.86. The molecule has 0 atom stereocenters. The smallest absolute Gasteiger partial charge is 0.0815 e. The van der Waals surface area contributed by atoms with E-state index in [1.165, 1.54) is 20.9 Å². The van der Waals surface area contributed by atoms with E-state index in [0.29, 0.717) is 0 Å². The van der Waals surface area contributed by atoms with E-state index in [1.54, 1.807) is 22.7 Å². The van der Waals surface area contributed by atoms with Gasteiger partial charge in [0.15, 0.2) is 0 Å². The quantitative estimate of drug-likeness (QED) is 0.233. The average Bonchev–Trinajstić information content (AvgIpc) is 3.66. The van der Waals surface area contributed by atoms with Gasteiger partial charge < -0.3 is 4.90 Å². The summed E-state index contributed by atoms with van der Waals surface area (Å²) in [5.74, 6) is 0. The third kappa shape index (κ3) is 4.54. The van der Waals surface area contributed by atoms with E-state index < -0.39 is 0 Å². The minimum Gasteiger partial charge on any atom is -0.311 e. The average molecular weight is 487 g/mol. The van der Waals surface area contributed by atoms with Gasteiger partial charge in [-0.05, 0) is 82.6 Å². The van der Waals surface area contributed by atoms with Crippen LogP contribution in [-0.2, 0) is 0 Å². The van der Waals surface area contributed by atoms with Crippen LogP contribution in [0.1, 0.15) is 0 Å². The molecule has 0 spiro atoms. The van der Waals surface area contributed by atoms with Crippen molar-refractivity contribution in [2.45, 2.75) is 0 Å². The molecule has 2 nitrogen and oxygen atoms in total. The molecule has 0 N–H and O–H groups in total. The molecular formula is C31H22N2S2. The van der Waals surface area contributed by atoms with Gasteiger partial charge in [0.2, 0.25) is 0 Å². The van der Waals surface area contributed by atoms with E-state index in [9.17, 15) is 0 Å². The molecule has 3 aromatic carbocycles. The van der Waals surface area contributed by atoms with Crippen molar-refractivity contribution in [3.05, 3.63) is 132 Å². The largest absolute Gasteiger partial charge is 0.311 e. The first-order valence-electron chi connectivity index (χ1n) is 11.5. The Kier molecular flexibility index (Phi) is 5.97. The number of nitrogens with zero attached hydrogens (tertiary/aromatic N) is 2. The molecule has 0 unspecified atom stereocenters. The van der Waals surface area contributed by atoms with Crippen molar-refractivity contribution in [1.29, 1.82) is 0 Å². The highest BCUT2D eigenvalue weighted by molar-refractivity contribution is 7.13. The number of rotatable bonds is 6. The fourth-order valence-corrected chi connectivity index (χ4v) is 5.57. The number of hydrogen-bond acceptors (Lipinski definition) is 4. The van der Waals surface area contributed by atoms with Gasteiger partial charge >= 0.3 is 0 Å². The van der Waals surface area contributed by atoms with Crippen molar-refractivity contribution in [2.24, 2.45) is 0 Å². The van der Waals surface area contributed by atoms with Gasteiger partial charge in [0.25, 0.3) is 0 Å². The minimum absolute atomic E-state index is 1.01. The maximum atomic E-state index is 4.98. The predicted molar refractivity (Wildman–Crippen MR) is 151 cm³/mol. The van der Waals surface area contributed by atoms with Gasteiger partial charge in [-0.2, -0.15) is 0 Å². The summed E-state index contributed by atoms with van der Waals surface area (Å²) >= 11 is 3.44. The molecule has 168 valence electrons. The Balaban J connectivity index is 1.42. The third-order valence-corrected chi connectivity index (χ3v) is 7.64. The first kappa shape index (κ1) is 21.5. The van der Waals surface area contributed by atoms with Gasteiger partial charge in [0.1, 0.15) is 0 Å². The van der Waals surface area contributed by atoms with Crippen molar-refractivity contribution in [1.82, 2.24) is 4.98 Å². The molecule has 0 aliphatic heterocycles. The summed E-state index contributed by atoms with van der Waals surface area (Å²) in [7, 11) is 0. The van der Waals surface area contributed by atoms with E-state index in [2.05, 4.69) is 137 Å². The molecule has 3 heterocycles. The van der Waals surface area contributed by atoms with Crippen LogP contribution < -0.4 is 4.90 Å². The first-order valence-corrected chi connectivity index (χ1v) is 13.2. The molecule has 0 bridgehead atoms. The maximum absolute atomic E-state index is 4.98. The lowest BCUT2D eigenvalue weighted by Gasteiger charge is -2.25. The van der Waals surface area contributed by atoms with Gasteiger partial charge in [0.05, 0.1) is 21.1 Å². The van der Waals surface area contributed by atoms with Crippen LogP contribution in [0.5, 0.6) is 0 Å². The summed E-state index contributed by atoms with van der Waals surface area (Å²) in [6.45, 7) is 0. The highest BCUT2D eigenvalue weighted by atomic mass is 32.1. The van der Waals surface area contributed by atoms with Crippen LogP contribution in [0.25, 0.3) is 32.3 Å². The van der Waals surface area contributed by atoms with Crippen LogP contribution in [-0.4, -0.2) is 4.98 Å². The number of benzene rings is 3. The van der Waals surface area contributed by atoms with Crippen molar-refractivity contribution < 1.29 is 0 Å². The van der Waals surface area contributed by atoms with E-state index in [-0.39, 0.29) is 0 Å². The second-order valence-corrected chi connectivity index (χ2v) is 10.0. The van der Waals surface area contributed by atoms with Crippen molar-refractivity contribution >= 4 is 39.7 Å². The highest BCUT2D eigenvalue weighted by Crippen LogP contribution is 2.37. The van der Waals surface area contributed by atoms with E-state index >= 15 is 0 Å². The number of para-hydroxylation sites is 2. The Labute approximate surface area is 213 Å². The van der Waals surface area contributed by atoms with Crippen LogP contribution in [0, 0.1) is 0 Å². The summed E-state index contributed by atoms with van der Waals surface area (Å²) in [5, 5.41) is 4.20. The molecule has 0 amide bonds. The Morgan fingerprint density at radius 3 is 1.40 bits per heavy atom. The molecule has 0 saturated carbocycles. The lowest BCUT2D eigenvalue weighted by atomic mass is 10.0. The number of pyridine rings is 1. The second-order valence-electron chi connectivity index (χ2n) is 8.13. The van der Waals surface area contributed by atoms with Gasteiger partial charge in [0, 0.05) is 17.1 Å². The van der Waals surface area contributed by atoms with E-state index in [1.807, 2.05) is 0 Å². The Bertz CT molecular complexity index is 1420. The Hall–Kier alpha value is -3.99. The monoisotopic (exact) mass is 486 g/mol. The number of aromatic nitrogens is 1. The Morgan fingerprint density at radius 1 is 0.457 bits per heavy atom. The zero-order valence-electron chi connectivity index (χ0n) is 18.9. The lowest BCUT2D eigenvalue weighted by molar-refractivity contribution is 1.28. The Morgan fingerprint density at radius 2 is 0.943 bits per heavy atom. The van der Waals surface area contributed by atoms with Crippen LogP contribution in [0.15, 0.2) is 132 Å². The molecule has 0 fully saturated rings. The van der Waals surface area contributed by atoms with E-state index in [0.717, 1.165) is 28.5 Å². The van der Waals surface area contributed by atoms with Crippen LogP contribution in [0.3, 0.4) is 0 Å². The first-order chi connectivity index (χ1) is 17.3. The molecule has 0 saturated heterocycles. The van der Waals surface area contributed by atoms with Crippen molar-refractivity contribution in [3.63, 3.8) is 0 Å². The molecule has 0 aliphatic carbocycles. The summed E-state index contributed by atoms with van der Waals surface area (Å²) in [5.41, 5.74) is 7.76. The zero-order valence-corrected chi connectivity index (χ0v) is 20.5. The number of anilines is 3.